The summed E-state index contributed by atoms with van der Waals surface area (Å²) in [5, 5.41) is 11.2. The monoisotopic (exact) mass is 337 g/mol. The minimum Gasteiger partial charge on any atom is -0.392 e. The van der Waals surface area contributed by atoms with Crippen LogP contribution in [0.4, 0.5) is 0 Å². The van der Waals surface area contributed by atoms with Crippen molar-refractivity contribution in [3.63, 3.8) is 0 Å². The summed E-state index contributed by atoms with van der Waals surface area (Å²) in [6.07, 6.45) is 3.04. The third-order valence-corrected chi connectivity index (χ3v) is 5.32. The summed E-state index contributed by atoms with van der Waals surface area (Å²) in [6.45, 7) is 8.98. The average molecular weight is 338 g/mol. The van der Waals surface area contributed by atoms with Gasteiger partial charge in [-0.15, -0.1) is 6.58 Å². The van der Waals surface area contributed by atoms with Crippen LogP contribution in [0.2, 0.25) is 0 Å². The molecule has 1 N–H and O–H groups in total. The SMILES string of the molecule is C=CCN(C)C(C)CC(c1ccccc1)(c1ccccc1)C(O)CC. The van der Waals surface area contributed by atoms with E-state index in [1.54, 1.807) is 0 Å². The van der Waals surface area contributed by atoms with E-state index >= 15 is 0 Å². The van der Waals surface area contributed by atoms with Crippen molar-refractivity contribution in [2.75, 3.05) is 13.6 Å². The van der Waals surface area contributed by atoms with E-state index in [9.17, 15) is 5.11 Å². The second kappa shape index (κ2) is 8.98. The first kappa shape index (κ1) is 19.4. The first-order valence-corrected chi connectivity index (χ1v) is 9.16. The Morgan fingerprint density at radius 1 is 1.04 bits per heavy atom. The smallest absolute Gasteiger partial charge is 0.0675 e. The number of rotatable bonds is 9. The fourth-order valence-corrected chi connectivity index (χ4v) is 3.75. The molecule has 0 radical (unpaired) electrons. The molecule has 0 saturated carbocycles. The van der Waals surface area contributed by atoms with Crippen molar-refractivity contribution in [3.05, 3.63) is 84.4 Å². The maximum atomic E-state index is 11.2. The third kappa shape index (κ3) is 4.20. The van der Waals surface area contributed by atoms with Crippen LogP contribution in [0.1, 0.15) is 37.8 Å². The molecule has 2 nitrogen and oxygen atoms in total. The minimum absolute atomic E-state index is 0.305. The highest BCUT2D eigenvalue weighted by Gasteiger charge is 2.42. The molecule has 0 aliphatic rings. The summed E-state index contributed by atoms with van der Waals surface area (Å²) in [5.41, 5.74) is 1.93. The molecular weight excluding hydrogens is 306 g/mol. The van der Waals surface area contributed by atoms with Crippen molar-refractivity contribution in [1.29, 1.82) is 0 Å². The number of nitrogens with zero attached hydrogens (tertiary/aromatic N) is 1. The zero-order valence-corrected chi connectivity index (χ0v) is 15.7. The van der Waals surface area contributed by atoms with E-state index in [0.717, 1.165) is 13.0 Å². The molecule has 2 aromatic carbocycles. The van der Waals surface area contributed by atoms with Gasteiger partial charge in [0.2, 0.25) is 0 Å². The highest BCUT2D eigenvalue weighted by atomic mass is 16.3. The maximum Gasteiger partial charge on any atom is 0.0675 e. The molecule has 2 aromatic rings. The van der Waals surface area contributed by atoms with Crippen LogP contribution in [-0.4, -0.2) is 35.7 Å². The molecule has 0 aliphatic carbocycles. The van der Waals surface area contributed by atoms with Crippen LogP contribution in [0.5, 0.6) is 0 Å². The fourth-order valence-electron chi connectivity index (χ4n) is 3.75. The lowest BCUT2D eigenvalue weighted by molar-refractivity contribution is 0.0755. The molecule has 0 heterocycles. The quantitative estimate of drug-likeness (QED) is 0.674. The van der Waals surface area contributed by atoms with Crippen LogP contribution in [0.15, 0.2) is 73.3 Å². The summed E-state index contributed by atoms with van der Waals surface area (Å²) < 4.78 is 0. The summed E-state index contributed by atoms with van der Waals surface area (Å²) in [7, 11) is 2.12. The normalized spacial score (nSPS) is 14.3. The van der Waals surface area contributed by atoms with Gasteiger partial charge in [0.05, 0.1) is 6.10 Å². The first-order valence-electron chi connectivity index (χ1n) is 9.16. The van der Waals surface area contributed by atoms with Crippen LogP contribution in [-0.2, 0) is 5.41 Å². The number of hydrogen-bond donors (Lipinski definition) is 1. The largest absolute Gasteiger partial charge is 0.392 e. The fraction of sp³-hybridized carbons (Fsp3) is 0.391. The van der Waals surface area contributed by atoms with Gasteiger partial charge in [-0.25, -0.2) is 0 Å². The zero-order valence-electron chi connectivity index (χ0n) is 15.7. The molecule has 2 rings (SSSR count). The van der Waals surface area contributed by atoms with E-state index in [4.69, 9.17) is 0 Å². The number of aliphatic hydroxyl groups is 1. The molecule has 2 unspecified atom stereocenters. The van der Waals surface area contributed by atoms with E-state index in [1.165, 1.54) is 11.1 Å². The summed E-state index contributed by atoms with van der Waals surface area (Å²) in [4.78, 5) is 2.29. The molecule has 134 valence electrons. The lowest BCUT2D eigenvalue weighted by atomic mass is 9.66. The Hall–Kier alpha value is -1.90. The van der Waals surface area contributed by atoms with Gasteiger partial charge in [-0.3, -0.25) is 0 Å². The standard InChI is InChI=1S/C23H31NO/c1-5-17-24(4)19(3)18-23(22(25)6-2,20-13-9-7-10-14-20)21-15-11-8-12-16-21/h5,7-16,19,22,25H,1,6,17-18H2,2-4H3. The molecule has 2 heteroatoms. The Morgan fingerprint density at radius 3 is 1.92 bits per heavy atom. The minimum atomic E-state index is -0.447. The summed E-state index contributed by atoms with van der Waals surface area (Å²) in [5.74, 6) is 0. The molecule has 0 amide bonds. The van der Waals surface area contributed by atoms with Gasteiger partial charge in [-0.2, -0.15) is 0 Å². The van der Waals surface area contributed by atoms with Gasteiger partial charge in [0.1, 0.15) is 0 Å². The van der Waals surface area contributed by atoms with Gasteiger partial charge in [-0.1, -0.05) is 73.7 Å². The van der Waals surface area contributed by atoms with Gasteiger partial charge in [-0.05, 0) is 37.9 Å². The number of hydrogen-bond acceptors (Lipinski definition) is 2. The molecule has 25 heavy (non-hydrogen) atoms. The number of likely N-dealkylation sites (N-methyl/N-ethyl adjacent to an activating group) is 1. The molecule has 0 aliphatic heterocycles. The van der Waals surface area contributed by atoms with Crippen LogP contribution in [0.25, 0.3) is 0 Å². The second-order valence-electron chi connectivity index (χ2n) is 6.91. The summed E-state index contributed by atoms with van der Waals surface area (Å²) >= 11 is 0. The van der Waals surface area contributed by atoms with Crippen molar-refractivity contribution in [1.82, 2.24) is 4.90 Å². The van der Waals surface area contributed by atoms with E-state index < -0.39 is 11.5 Å². The third-order valence-electron chi connectivity index (χ3n) is 5.32. The van der Waals surface area contributed by atoms with Gasteiger partial charge in [0, 0.05) is 18.0 Å². The lowest BCUT2D eigenvalue weighted by Crippen LogP contribution is -2.46. The van der Waals surface area contributed by atoms with Gasteiger partial charge >= 0.3 is 0 Å². The Balaban J connectivity index is 2.57. The predicted molar refractivity (Wildman–Crippen MR) is 107 cm³/mol. The maximum absolute atomic E-state index is 11.2. The van der Waals surface area contributed by atoms with E-state index in [2.05, 4.69) is 80.9 Å². The number of benzene rings is 2. The Labute approximate surface area is 152 Å². The van der Waals surface area contributed by atoms with Gasteiger partial charge in [0.15, 0.2) is 0 Å². The second-order valence-corrected chi connectivity index (χ2v) is 6.91. The molecule has 2 atom stereocenters. The summed E-state index contributed by atoms with van der Waals surface area (Å²) in [6, 6.07) is 21.2. The first-order chi connectivity index (χ1) is 12.1. The topological polar surface area (TPSA) is 23.5 Å². The molecular formula is C23H31NO. The van der Waals surface area contributed by atoms with Crippen LogP contribution in [0, 0.1) is 0 Å². The average Bonchev–Trinajstić information content (AvgIpc) is 2.67. The van der Waals surface area contributed by atoms with Crippen molar-refractivity contribution in [3.8, 4) is 0 Å². The van der Waals surface area contributed by atoms with Crippen LogP contribution >= 0.6 is 0 Å². The van der Waals surface area contributed by atoms with Gasteiger partial charge in [0.25, 0.3) is 0 Å². The lowest BCUT2D eigenvalue weighted by Gasteiger charge is -2.42. The van der Waals surface area contributed by atoms with Crippen molar-refractivity contribution in [2.45, 2.75) is 44.2 Å². The Bertz CT molecular complexity index is 598. The molecule has 0 saturated heterocycles. The highest BCUT2D eigenvalue weighted by Crippen LogP contribution is 2.41. The van der Waals surface area contributed by atoms with Crippen molar-refractivity contribution >= 4 is 0 Å². The number of aliphatic hydroxyl groups excluding tert-OH is 1. The zero-order chi connectivity index (χ0) is 18.3. The van der Waals surface area contributed by atoms with Crippen LogP contribution < -0.4 is 0 Å². The van der Waals surface area contributed by atoms with E-state index in [1.807, 2.05) is 18.2 Å². The van der Waals surface area contributed by atoms with Gasteiger partial charge < -0.3 is 10.0 Å². The van der Waals surface area contributed by atoms with Crippen molar-refractivity contribution < 1.29 is 5.11 Å². The molecule has 0 bridgehead atoms. The van der Waals surface area contributed by atoms with Crippen LogP contribution in [0.3, 0.4) is 0 Å². The Morgan fingerprint density at radius 2 is 1.52 bits per heavy atom. The molecule has 0 fully saturated rings. The van der Waals surface area contributed by atoms with E-state index in [0.29, 0.717) is 12.5 Å². The van der Waals surface area contributed by atoms with Crippen molar-refractivity contribution in [2.24, 2.45) is 0 Å². The molecule has 0 aromatic heterocycles. The Kier molecular flexibility index (Phi) is 6.98. The van der Waals surface area contributed by atoms with E-state index in [-0.39, 0.29) is 0 Å². The highest BCUT2D eigenvalue weighted by molar-refractivity contribution is 5.41. The predicted octanol–water partition coefficient (Wildman–Crippen LogP) is 4.64. The molecule has 0 spiro atoms.